The number of carbonyl (C=O) groups excluding carboxylic acids is 2. The maximum Gasteiger partial charge on any atom is 0.366 e. The third kappa shape index (κ3) is 5.33. The maximum atomic E-state index is 13.3. The first kappa shape index (κ1) is 24.7. The van der Waals surface area contributed by atoms with Gasteiger partial charge >= 0.3 is 5.63 Å². The molecule has 0 bridgehead atoms. The Kier molecular flexibility index (Phi) is 6.89. The van der Waals surface area contributed by atoms with Gasteiger partial charge in [0.15, 0.2) is 0 Å². The molecule has 0 spiro atoms. The monoisotopic (exact) mass is 461 g/mol. The van der Waals surface area contributed by atoms with Crippen molar-refractivity contribution in [1.29, 1.82) is 0 Å². The Morgan fingerprint density at radius 3 is 2.44 bits per heavy atom. The van der Waals surface area contributed by atoms with Gasteiger partial charge in [0.2, 0.25) is 11.5 Å². The molecule has 3 rings (SSSR count). The molecule has 0 saturated heterocycles. The topological polar surface area (TPSA) is 113 Å². The molecule has 8 heteroatoms. The minimum absolute atomic E-state index is 0.236. The van der Waals surface area contributed by atoms with Crippen LogP contribution in [-0.4, -0.2) is 46.7 Å². The van der Waals surface area contributed by atoms with E-state index in [1.165, 1.54) is 17.0 Å². The zero-order chi connectivity index (χ0) is 25.1. The highest BCUT2D eigenvalue weighted by molar-refractivity contribution is 6.01. The van der Waals surface area contributed by atoms with Crippen LogP contribution in [-0.2, 0) is 9.59 Å². The van der Waals surface area contributed by atoms with Gasteiger partial charge in [0.1, 0.15) is 0 Å². The van der Waals surface area contributed by atoms with Crippen LogP contribution in [0, 0.1) is 24.2 Å². The summed E-state index contributed by atoms with van der Waals surface area (Å²) in [7, 11) is 3.22. The number of nitrogens with one attached hydrogen (secondary N) is 1. The average molecular weight is 462 g/mol. The summed E-state index contributed by atoms with van der Waals surface area (Å²) in [6.07, 6.45) is -0.236. The molecular formula is C26H27N3O5. The van der Waals surface area contributed by atoms with Crippen molar-refractivity contribution in [2.24, 2.45) is 5.41 Å². The molecule has 1 aromatic heterocycles. The fourth-order valence-corrected chi connectivity index (χ4v) is 3.74. The molecule has 2 N–H and O–H groups in total. The van der Waals surface area contributed by atoms with Gasteiger partial charge in [-0.15, -0.1) is 0 Å². The number of aromatic nitrogens is 1. The van der Waals surface area contributed by atoms with E-state index >= 15 is 0 Å². The lowest BCUT2D eigenvalue weighted by molar-refractivity contribution is -0.143. The second-order valence-electron chi connectivity index (χ2n) is 9.01. The number of hydrogen-bond donors (Lipinski definition) is 2. The van der Waals surface area contributed by atoms with Gasteiger partial charge in [-0.3, -0.25) is 9.59 Å². The van der Waals surface area contributed by atoms with Gasteiger partial charge < -0.3 is 19.8 Å². The first-order valence-corrected chi connectivity index (χ1v) is 10.7. The molecule has 0 aliphatic rings. The van der Waals surface area contributed by atoms with Gasteiger partial charge in [-0.05, 0) is 37.3 Å². The Labute approximate surface area is 197 Å². The number of rotatable bonds is 5. The molecule has 8 nitrogen and oxygen atoms in total. The summed E-state index contributed by atoms with van der Waals surface area (Å²) < 4.78 is 4.73. The van der Waals surface area contributed by atoms with Crippen LogP contribution in [0.5, 0.6) is 0 Å². The van der Waals surface area contributed by atoms with Gasteiger partial charge in [-0.1, -0.05) is 49.0 Å². The Morgan fingerprint density at radius 2 is 1.79 bits per heavy atom. The summed E-state index contributed by atoms with van der Waals surface area (Å²) in [5.74, 6) is 4.49. The second-order valence-corrected chi connectivity index (χ2v) is 9.01. The van der Waals surface area contributed by atoms with Crippen molar-refractivity contribution in [2.45, 2.75) is 32.8 Å². The highest BCUT2D eigenvalue weighted by Gasteiger charge is 2.44. The Morgan fingerprint density at radius 1 is 1.12 bits per heavy atom. The van der Waals surface area contributed by atoms with Crippen LogP contribution >= 0.6 is 0 Å². The van der Waals surface area contributed by atoms with E-state index in [0.717, 1.165) is 0 Å². The standard InChI is InChI=1S/C26H27N3O5/c1-17-21-15-19(11-12-20(21)22(30)34-28-17)27-23(31)26(33,14-13-18-9-7-6-8-10-18)16-25(2,3)24(32)29(4)5/h6-12,15,33H,16H2,1-5H3,(H,27,31). The predicted molar refractivity (Wildman–Crippen MR) is 129 cm³/mol. The quantitative estimate of drug-likeness (QED) is 0.565. The minimum atomic E-state index is -2.18. The van der Waals surface area contributed by atoms with E-state index in [9.17, 15) is 19.5 Å². The Balaban J connectivity index is 2.00. The molecular weight excluding hydrogens is 434 g/mol. The summed E-state index contributed by atoms with van der Waals surface area (Å²) in [5.41, 5.74) is -2.42. The third-order valence-electron chi connectivity index (χ3n) is 5.40. The average Bonchev–Trinajstić information content (AvgIpc) is 2.80. The lowest BCUT2D eigenvalue weighted by atomic mass is 9.78. The lowest BCUT2D eigenvalue weighted by Crippen LogP contribution is -2.49. The molecule has 0 radical (unpaired) electrons. The zero-order valence-corrected chi connectivity index (χ0v) is 19.8. The Hall–Kier alpha value is -3.96. The number of amides is 2. The van der Waals surface area contributed by atoms with Crippen LogP contribution in [0.15, 0.2) is 57.8 Å². The highest BCUT2D eigenvalue weighted by atomic mass is 16.5. The van der Waals surface area contributed by atoms with Crippen molar-refractivity contribution in [1.82, 2.24) is 10.1 Å². The molecule has 2 aromatic carbocycles. The van der Waals surface area contributed by atoms with E-state index in [4.69, 9.17) is 4.52 Å². The zero-order valence-electron chi connectivity index (χ0n) is 19.8. The van der Waals surface area contributed by atoms with Gasteiger partial charge in [-0.2, -0.15) is 0 Å². The third-order valence-corrected chi connectivity index (χ3v) is 5.40. The molecule has 0 aliphatic carbocycles. The first-order valence-electron chi connectivity index (χ1n) is 10.7. The van der Waals surface area contributed by atoms with Crippen LogP contribution < -0.4 is 10.9 Å². The second kappa shape index (κ2) is 9.49. The van der Waals surface area contributed by atoms with Crippen molar-refractivity contribution in [3.05, 3.63) is 70.2 Å². The van der Waals surface area contributed by atoms with Crippen LogP contribution in [0.4, 0.5) is 5.69 Å². The summed E-state index contributed by atoms with van der Waals surface area (Å²) in [4.78, 5) is 39.4. The van der Waals surface area contributed by atoms with Gasteiger partial charge in [0.05, 0.1) is 11.1 Å². The largest absolute Gasteiger partial charge is 0.369 e. The van der Waals surface area contributed by atoms with Gasteiger partial charge in [-0.25, -0.2) is 4.79 Å². The number of aliphatic hydroxyl groups is 1. The Bertz CT molecular complexity index is 1350. The predicted octanol–water partition coefficient (Wildman–Crippen LogP) is 2.72. The summed E-state index contributed by atoms with van der Waals surface area (Å²) >= 11 is 0. The molecule has 0 fully saturated rings. The molecule has 1 atom stereocenters. The molecule has 0 saturated carbocycles. The van der Waals surface area contributed by atoms with E-state index in [1.807, 2.05) is 6.07 Å². The van der Waals surface area contributed by atoms with Crippen molar-refractivity contribution in [2.75, 3.05) is 19.4 Å². The lowest BCUT2D eigenvalue weighted by Gasteiger charge is -2.33. The van der Waals surface area contributed by atoms with Crippen molar-refractivity contribution < 1.29 is 19.2 Å². The van der Waals surface area contributed by atoms with Gasteiger partial charge in [0.25, 0.3) is 5.91 Å². The number of nitrogens with zero attached hydrogens (tertiary/aromatic N) is 2. The number of aryl methyl sites for hydroxylation is 1. The van der Waals surface area contributed by atoms with Crippen molar-refractivity contribution >= 4 is 28.3 Å². The number of anilines is 1. The molecule has 176 valence electrons. The van der Waals surface area contributed by atoms with Crippen LogP contribution in [0.3, 0.4) is 0 Å². The first-order chi connectivity index (χ1) is 15.9. The van der Waals surface area contributed by atoms with Crippen molar-refractivity contribution in [3.8, 4) is 11.8 Å². The molecule has 3 aromatic rings. The highest BCUT2D eigenvalue weighted by Crippen LogP contribution is 2.31. The fraction of sp³-hybridized carbons (Fsp3) is 0.308. The fourth-order valence-electron chi connectivity index (χ4n) is 3.74. The van der Waals surface area contributed by atoms with E-state index in [1.54, 1.807) is 65.2 Å². The summed E-state index contributed by atoms with van der Waals surface area (Å²) in [6.45, 7) is 4.98. The molecule has 34 heavy (non-hydrogen) atoms. The maximum absolute atomic E-state index is 13.3. The smallest absolute Gasteiger partial charge is 0.366 e. The molecule has 1 unspecified atom stereocenters. The molecule has 0 aliphatic heterocycles. The van der Waals surface area contributed by atoms with E-state index < -0.39 is 22.5 Å². The number of hydrogen-bond acceptors (Lipinski definition) is 6. The summed E-state index contributed by atoms with van der Waals surface area (Å²) in [6, 6.07) is 13.6. The van der Waals surface area contributed by atoms with E-state index in [-0.39, 0.29) is 12.3 Å². The molecule has 2 amide bonds. The number of fused-ring (bicyclic) bond motifs is 1. The molecule has 1 heterocycles. The van der Waals surface area contributed by atoms with Crippen LogP contribution in [0.1, 0.15) is 31.5 Å². The number of carbonyl (C=O) groups is 2. The van der Waals surface area contributed by atoms with Crippen molar-refractivity contribution in [3.63, 3.8) is 0 Å². The number of benzene rings is 2. The van der Waals surface area contributed by atoms with E-state index in [2.05, 4.69) is 22.3 Å². The van der Waals surface area contributed by atoms with Gasteiger partial charge in [0, 0.05) is 42.6 Å². The normalized spacial score (nSPS) is 12.9. The minimum Gasteiger partial charge on any atom is -0.369 e. The SMILES string of the molecule is Cc1noc(=O)c2ccc(NC(=O)C(O)(C#Cc3ccccc3)CC(C)(C)C(=O)N(C)C)cc12. The van der Waals surface area contributed by atoms with Crippen LogP contribution in [0.2, 0.25) is 0 Å². The van der Waals surface area contributed by atoms with Crippen LogP contribution in [0.25, 0.3) is 10.8 Å². The van der Waals surface area contributed by atoms with E-state index in [0.29, 0.717) is 27.7 Å². The summed E-state index contributed by atoms with van der Waals surface area (Å²) in [5, 5.41) is 18.7.